The van der Waals surface area contributed by atoms with Crippen LogP contribution in [0.25, 0.3) is 0 Å². The van der Waals surface area contributed by atoms with E-state index in [1.165, 1.54) is 4.31 Å². The number of ether oxygens (including phenoxy) is 1. The lowest BCUT2D eigenvalue weighted by molar-refractivity contribution is -0.135. The fourth-order valence-electron chi connectivity index (χ4n) is 3.27. The van der Waals surface area contributed by atoms with Crippen molar-refractivity contribution in [1.82, 2.24) is 24.4 Å². The van der Waals surface area contributed by atoms with Crippen molar-refractivity contribution in [3.8, 4) is 0 Å². The Morgan fingerprint density at radius 1 is 1.33 bits per heavy atom. The molecule has 1 N–H and O–H groups in total. The number of methoxy groups -OCH3 is 1. The van der Waals surface area contributed by atoms with Crippen molar-refractivity contribution in [3.05, 3.63) is 11.6 Å². The number of likely N-dealkylation sites (tertiary alicyclic amines) is 1. The van der Waals surface area contributed by atoms with E-state index in [1.807, 2.05) is 0 Å². The number of carbonyl (C=O) groups excluding carboxylic acids is 1. The molecule has 3 heterocycles. The van der Waals surface area contributed by atoms with E-state index in [1.54, 1.807) is 12.0 Å². The number of H-pyrrole nitrogens is 1. The molecule has 1 amide bonds. The number of nitrogens with one attached hydrogen (secondary N) is 1. The van der Waals surface area contributed by atoms with Crippen molar-refractivity contribution >= 4 is 15.9 Å². The zero-order chi connectivity index (χ0) is 17.2. The lowest BCUT2D eigenvalue weighted by Gasteiger charge is -2.34. The molecule has 2 aliphatic rings. The quantitative estimate of drug-likeness (QED) is 0.797. The van der Waals surface area contributed by atoms with Crippen LogP contribution in [0.3, 0.4) is 0 Å². The zero-order valence-corrected chi connectivity index (χ0v) is 14.6. The second-order valence-corrected chi connectivity index (χ2v) is 8.26. The van der Waals surface area contributed by atoms with E-state index in [-0.39, 0.29) is 24.2 Å². The third kappa shape index (κ3) is 3.60. The third-order valence-corrected chi connectivity index (χ3v) is 6.37. The number of amides is 1. The Morgan fingerprint density at radius 3 is 2.88 bits per heavy atom. The summed E-state index contributed by atoms with van der Waals surface area (Å²) in [4.78, 5) is 18.8. The molecule has 2 saturated heterocycles. The highest BCUT2D eigenvalue weighted by Crippen LogP contribution is 2.29. The van der Waals surface area contributed by atoms with Crippen LogP contribution in [0.2, 0.25) is 0 Å². The number of piperidine rings is 1. The highest BCUT2D eigenvalue weighted by Gasteiger charge is 2.35. The molecule has 0 saturated carbocycles. The van der Waals surface area contributed by atoms with Gasteiger partial charge in [0.25, 0.3) is 0 Å². The molecule has 24 heavy (non-hydrogen) atoms. The van der Waals surface area contributed by atoms with Gasteiger partial charge in [-0.25, -0.2) is 13.4 Å². The molecule has 0 spiro atoms. The number of aromatic nitrogens is 3. The second kappa shape index (κ2) is 7.16. The molecule has 0 bridgehead atoms. The first-order valence-electron chi connectivity index (χ1n) is 8.18. The Morgan fingerprint density at radius 2 is 2.17 bits per heavy atom. The highest BCUT2D eigenvalue weighted by molar-refractivity contribution is 7.89. The van der Waals surface area contributed by atoms with Crippen LogP contribution < -0.4 is 0 Å². The average Bonchev–Trinajstić information content (AvgIpc) is 3.15. The monoisotopic (exact) mass is 357 g/mol. The molecule has 10 heteroatoms. The van der Waals surface area contributed by atoms with Gasteiger partial charge in [0.15, 0.2) is 11.6 Å². The summed E-state index contributed by atoms with van der Waals surface area (Å²) < 4.78 is 30.2. The molecular weight excluding hydrogens is 334 g/mol. The second-order valence-electron chi connectivity index (χ2n) is 6.18. The number of aromatic amines is 1. The molecule has 0 aromatic carbocycles. The fourth-order valence-corrected chi connectivity index (χ4v) is 4.74. The molecule has 1 aromatic rings. The van der Waals surface area contributed by atoms with Crippen molar-refractivity contribution in [1.29, 1.82) is 0 Å². The fraction of sp³-hybridized carbons (Fsp3) is 0.786. The standard InChI is InChI=1S/C14H23N5O4S/c1-23-10-12-15-14(17-16-12)11-5-2-3-7-19(11)13(20)9-18-6-4-8-24(18,21)22/h11H,2-10H2,1H3,(H,15,16,17). The first kappa shape index (κ1) is 17.3. The van der Waals surface area contributed by atoms with Gasteiger partial charge in [0, 0.05) is 20.2 Å². The van der Waals surface area contributed by atoms with Gasteiger partial charge in [-0.15, -0.1) is 0 Å². The minimum Gasteiger partial charge on any atom is -0.377 e. The zero-order valence-electron chi connectivity index (χ0n) is 13.8. The summed E-state index contributed by atoms with van der Waals surface area (Å²) in [6.45, 7) is 1.27. The minimum absolute atomic E-state index is 0.0891. The van der Waals surface area contributed by atoms with E-state index < -0.39 is 10.0 Å². The summed E-state index contributed by atoms with van der Waals surface area (Å²) in [6, 6.07) is -0.210. The van der Waals surface area contributed by atoms with Crippen LogP contribution in [-0.2, 0) is 26.2 Å². The molecule has 0 aliphatic carbocycles. The molecule has 3 rings (SSSR count). The maximum Gasteiger partial charge on any atom is 0.238 e. The summed E-state index contributed by atoms with van der Waals surface area (Å²) in [5, 5.41) is 7.03. The van der Waals surface area contributed by atoms with E-state index in [0.717, 1.165) is 19.3 Å². The van der Waals surface area contributed by atoms with Crippen LogP contribution in [0.15, 0.2) is 0 Å². The van der Waals surface area contributed by atoms with Crippen molar-refractivity contribution in [2.45, 2.75) is 38.3 Å². The number of rotatable bonds is 5. The van der Waals surface area contributed by atoms with Crippen molar-refractivity contribution in [3.63, 3.8) is 0 Å². The number of nitrogens with zero attached hydrogens (tertiary/aromatic N) is 4. The first-order valence-corrected chi connectivity index (χ1v) is 9.79. The SMILES string of the molecule is COCc1nc(C2CCCCN2C(=O)CN2CCCS2(=O)=O)n[nH]1. The summed E-state index contributed by atoms with van der Waals surface area (Å²) in [7, 11) is -1.70. The molecule has 0 radical (unpaired) electrons. The van der Waals surface area contributed by atoms with Gasteiger partial charge in [0.05, 0.1) is 18.3 Å². The summed E-state index contributed by atoms with van der Waals surface area (Å²) in [5.74, 6) is 1.14. The molecule has 1 atom stereocenters. The normalized spacial score (nSPS) is 24.4. The van der Waals surface area contributed by atoms with E-state index in [2.05, 4.69) is 15.2 Å². The minimum atomic E-state index is -3.27. The Hall–Kier alpha value is -1.52. The smallest absolute Gasteiger partial charge is 0.238 e. The van der Waals surface area contributed by atoms with Gasteiger partial charge in [0.2, 0.25) is 15.9 Å². The van der Waals surface area contributed by atoms with Crippen LogP contribution in [0, 0.1) is 0 Å². The molecule has 2 fully saturated rings. The van der Waals surface area contributed by atoms with Crippen LogP contribution in [-0.4, -0.2) is 71.2 Å². The van der Waals surface area contributed by atoms with E-state index in [0.29, 0.717) is 37.8 Å². The summed E-state index contributed by atoms with van der Waals surface area (Å²) in [5.41, 5.74) is 0. The number of sulfonamides is 1. The number of carbonyl (C=O) groups is 1. The van der Waals surface area contributed by atoms with Crippen LogP contribution in [0.1, 0.15) is 43.4 Å². The highest BCUT2D eigenvalue weighted by atomic mass is 32.2. The summed E-state index contributed by atoms with van der Waals surface area (Å²) in [6.07, 6.45) is 3.26. The van der Waals surface area contributed by atoms with E-state index >= 15 is 0 Å². The van der Waals surface area contributed by atoms with Gasteiger partial charge < -0.3 is 9.64 Å². The molecule has 2 aliphatic heterocycles. The lowest BCUT2D eigenvalue weighted by Crippen LogP contribution is -2.45. The van der Waals surface area contributed by atoms with Crippen molar-refractivity contribution in [2.24, 2.45) is 0 Å². The largest absolute Gasteiger partial charge is 0.377 e. The Balaban J connectivity index is 1.72. The van der Waals surface area contributed by atoms with Gasteiger partial charge in [-0.3, -0.25) is 9.89 Å². The predicted molar refractivity (Wildman–Crippen MR) is 85.4 cm³/mol. The van der Waals surface area contributed by atoms with Gasteiger partial charge in [-0.1, -0.05) is 0 Å². The third-order valence-electron chi connectivity index (χ3n) is 4.47. The lowest BCUT2D eigenvalue weighted by atomic mass is 10.0. The first-order chi connectivity index (χ1) is 11.5. The van der Waals surface area contributed by atoms with Gasteiger partial charge in [-0.05, 0) is 25.7 Å². The van der Waals surface area contributed by atoms with Gasteiger partial charge in [0.1, 0.15) is 6.61 Å². The molecule has 134 valence electrons. The Kier molecular flexibility index (Phi) is 5.16. The number of hydrogen-bond acceptors (Lipinski definition) is 6. The molecule has 9 nitrogen and oxygen atoms in total. The molecule has 1 aromatic heterocycles. The van der Waals surface area contributed by atoms with E-state index in [4.69, 9.17) is 4.74 Å². The summed E-state index contributed by atoms with van der Waals surface area (Å²) >= 11 is 0. The van der Waals surface area contributed by atoms with Crippen molar-refractivity contribution < 1.29 is 17.9 Å². The average molecular weight is 357 g/mol. The molecular formula is C14H23N5O4S. The molecule has 1 unspecified atom stereocenters. The Labute approximate surface area is 141 Å². The van der Waals surface area contributed by atoms with Gasteiger partial charge >= 0.3 is 0 Å². The topological polar surface area (TPSA) is 108 Å². The van der Waals surface area contributed by atoms with Crippen LogP contribution in [0.5, 0.6) is 0 Å². The maximum atomic E-state index is 12.7. The van der Waals surface area contributed by atoms with Gasteiger partial charge in [-0.2, -0.15) is 9.40 Å². The Bertz CT molecular complexity index is 689. The van der Waals surface area contributed by atoms with Crippen LogP contribution >= 0.6 is 0 Å². The maximum absolute atomic E-state index is 12.7. The van der Waals surface area contributed by atoms with Crippen LogP contribution in [0.4, 0.5) is 0 Å². The predicted octanol–water partition coefficient (Wildman–Crippen LogP) is 0.0402. The van der Waals surface area contributed by atoms with Crippen molar-refractivity contribution in [2.75, 3.05) is 32.5 Å². The van der Waals surface area contributed by atoms with E-state index in [9.17, 15) is 13.2 Å². The number of hydrogen-bond donors (Lipinski definition) is 1.